The van der Waals surface area contributed by atoms with Crippen LogP contribution >= 0.6 is 7.82 Å². The molecule has 28 heavy (non-hydrogen) atoms. The van der Waals surface area contributed by atoms with Crippen LogP contribution in [-0.4, -0.2) is 68.6 Å². The molecule has 8 nitrogen and oxygen atoms in total. The van der Waals surface area contributed by atoms with Crippen molar-refractivity contribution < 1.29 is 38.5 Å². The van der Waals surface area contributed by atoms with Crippen LogP contribution in [0.15, 0.2) is 0 Å². The quantitative estimate of drug-likeness (QED) is 0.548. The van der Waals surface area contributed by atoms with Crippen LogP contribution in [0.3, 0.4) is 0 Å². The maximum atomic E-state index is 13.2. The van der Waals surface area contributed by atoms with Crippen molar-refractivity contribution in [2.45, 2.75) is 103 Å². The van der Waals surface area contributed by atoms with E-state index < -0.39 is 32.7 Å². The maximum absolute atomic E-state index is 13.2. The van der Waals surface area contributed by atoms with Crippen LogP contribution in [0.1, 0.15) is 55.3 Å². The summed E-state index contributed by atoms with van der Waals surface area (Å²) >= 11 is 0. The van der Waals surface area contributed by atoms with E-state index in [9.17, 15) is 4.57 Å². The van der Waals surface area contributed by atoms with E-state index in [4.69, 9.17) is 33.9 Å². The molecule has 3 heterocycles. The van der Waals surface area contributed by atoms with Crippen LogP contribution in [0.4, 0.5) is 0 Å². The zero-order valence-corrected chi connectivity index (χ0v) is 18.3. The normalized spacial score (nSPS) is 45.1. The van der Waals surface area contributed by atoms with E-state index in [1.807, 2.05) is 34.6 Å². The van der Waals surface area contributed by atoms with Crippen LogP contribution in [-0.2, 0) is 37.1 Å². The average molecular weight is 424 g/mol. The third kappa shape index (κ3) is 5.99. The Morgan fingerprint density at radius 3 is 2.68 bits per heavy atom. The van der Waals surface area contributed by atoms with Crippen molar-refractivity contribution in [1.29, 1.82) is 0 Å². The summed E-state index contributed by atoms with van der Waals surface area (Å²) in [6, 6.07) is 0. The molecular formula is C19H35O8P. The van der Waals surface area contributed by atoms with Gasteiger partial charge in [-0.15, -0.1) is 0 Å². The van der Waals surface area contributed by atoms with Crippen molar-refractivity contribution in [2.75, 3.05) is 19.8 Å². The predicted molar refractivity (Wildman–Crippen MR) is 102 cm³/mol. The third-order valence-electron chi connectivity index (χ3n) is 4.92. The summed E-state index contributed by atoms with van der Waals surface area (Å²) in [7, 11) is -3.82. The number of hydrogen-bond acceptors (Lipinski definition) is 8. The smallest absolute Gasteiger partial charge is 0.376 e. The molecule has 3 saturated heterocycles. The highest BCUT2D eigenvalue weighted by Crippen LogP contribution is 2.56. The van der Waals surface area contributed by atoms with E-state index in [1.165, 1.54) is 0 Å². The molecule has 8 atom stereocenters. The molecule has 3 rings (SSSR count). The Kier molecular flexibility index (Phi) is 7.45. The molecule has 3 fully saturated rings. The van der Waals surface area contributed by atoms with Gasteiger partial charge in [0.2, 0.25) is 0 Å². The minimum Gasteiger partial charge on any atom is -0.376 e. The molecule has 3 aliphatic heterocycles. The first-order valence-corrected chi connectivity index (χ1v) is 11.7. The van der Waals surface area contributed by atoms with E-state index in [1.54, 1.807) is 0 Å². The highest BCUT2D eigenvalue weighted by atomic mass is 31.2. The third-order valence-corrected chi connectivity index (χ3v) is 6.48. The molecule has 0 bridgehead atoms. The second kappa shape index (κ2) is 9.84. The summed E-state index contributed by atoms with van der Waals surface area (Å²) < 4.78 is 61.3. The second-order valence-corrected chi connectivity index (χ2v) is 9.76. The van der Waals surface area contributed by atoms with Gasteiger partial charge in [-0.2, -0.15) is 0 Å². The molecule has 0 amide bonds. The van der Waals surface area contributed by atoms with Gasteiger partial charge in [0, 0.05) is 25.8 Å². The molecule has 0 aliphatic carbocycles. The number of rotatable bonds is 8. The fourth-order valence-electron chi connectivity index (χ4n) is 3.72. The number of ether oxygens (including phenoxy) is 4. The van der Waals surface area contributed by atoms with Crippen molar-refractivity contribution in [3.05, 3.63) is 0 Å². The minimum atomic E-state index is -3.82. The van der Waals surface area contributed by atoms with Gasteiger partial charge in [0.1, 0.15) is 24.4 Å². The standard InChI is InChI=1S/C19H35O8P/c1-12(2)22-11-18-15(6-8-21-18)26-28(20)23-9-7-16(27-28)19-17(24-13(3)4)10-14(5)25-19/h12-19H,6-11H2,1-5H3/t14-,15-,16-,17-,18+,19+,28+/m0/s1/i8T/t8-,14-,15-,16-,17-,18+,19+,28+. The van der Waals surface area contributed by atoms with Crippen LogP contribution in [0.25, 0.3) is 0 Å². The zero-order chi connectivity index (χ0) is 21.2. The van der Waals surface area contributed by atoms with Gasteiger partial charge in [-0.1, -0.05) is 0 Å². The van der Waals surface area contributed by atoms with Gasteiger partial charge in [0.25, 0.3) is 0 Å². The Hall–Kier alpha value is -0.0500. The maximum Gasteiger partial charge on any atom is 0.475 e. The molecule has 0 saturated carbocycles. The molecule has 0 aromatic heterocycles. The molecule has 164 valence electrons. The Labute approximate surface area is 169 Å². The predicted octanol–water partition coefficient (Wildman–Crippen LogP) is 3.47. The second-order valence-electron chi connectivity index (χ2n) is 8.19. The van der Waals surface area contributed by atoms with E-state index >= 15 is 0 Å². The average Bonchev–Trinajstić information content (AvgIpc) is 3.14. The summed E-state index contributed by atoms with van der Waals surface area (Å²) in [6.07, 6.45) is -0.252. The van der Waals surface area contributed by atoms with Gasteiger partial charge >= 0.3 is 7.82 Å². The Balaban J connectivity index is 1.63. The zero-order valence-electron chi connectivity index (χ0n) is 18.4. The van der Waals surface area contributed by atoms with Crippen molar-refractivity contribution >= 4 is 7.82 Å². The lowest BCUT2D eigenvalue weighted by Gasteiger charge is -2.35. The van der Waals surface area contributed by atoms with Gasteiger partial charge in [-0.05, 0) is 34.6 Å². The fraction of sp³-hybridized carbons (Fsp3) is 1.00. The molecule has 0 aromatic rings. The SMILES string of the molecule is [3H][C@H]1C[C@H](O[P@@]2(=O)OCC[C@@H]([C@H]3O[C@@H](C)C[C@@H]3OC(C)C)O2)[C@@H](COC(C)C)O1. The van der Waals surface area contributed by atoms with Crippen LogP contribution in [0.5, 0.6) is 0 Å². The van der Waals surface area contributed by atoms with Gasteiger partial charge in [-0.3, -0.25) is 13.6 Å². The first-order valence-electron chi connectivity index (χ1n) is 10.8. The number of hydrogen-bond donors (Lipinski definition) is 0. The lowest BCUT2D eigenvalue weighted by Crippen LogP contribution is -2.41. The highest BCUT2D eigenvalue weighted by molar-refractivity contribution is 7.48. The largest absolute Gasteiger partial charge is 0.475 e. The van der Waals surface area contributed by atoms with Crippen molar-refractivity contribution in [3.63, 3.8) is 0 Å². The number of phosphoric ester groups is 1. The van der Waals surface area contributed by atoms with Gasteiger partial charge in [0.15, 0.2) is 0 Å². The van der Waals surface area contributed by atoms with Gasteiger partial charge < -0.3 is 18.9 Å². The molecule has 0 unspecified atom stereocenters. The van der Waals surface area contributed by atoms with E-state index in [2.05, 4.69) is 0 Å². The highest BCUT2D eigenvalue weighted by Gasteiger charge is 2.48. The molecule has 9 heteroatoms. The Morgan fingerprint density at radius 2 is 1.96 bits per heavy atom. The van der Waals surface area contributed by atoms with Gasteiger partial charge in [0.05, 0.1) is 39.0 Å². The first-order chi connectivity index (χ1) is 13.6. The summed E-state index contributed by atoms with van der Waals surface area (Å²) in [5.41, 5.74) is 0. The Bertz CT molecular complexity index is 576. The number of phosphoric acid groups is 1. The molecule has 0 radical (unpaired) electrons. The van der Waals surface area contributed by atoms with Crippen molar-refractivity contribution in [1.82, 2.24) is 0 Å². The van der Waals surface area contributed by atoms with Crippen molar-refractivity contribution in [2.24, 2.45) is 0 Å². The first kappa shape index (κ1) is 21.2. The Morgan fingerprint density at radius 1 is 1.18 bits per heavy atom. The summed E-state index contributed by atoms with van der Waals surface area (Å²) in [5.74, 6) is 0. The minimum absolute atomic E-state index is 0.0194. The summed E-state index contributed by atoms with van der Waals surface area (Å²) in [4.78, 5) is 0. The fourth-order valence-corrected chi connectivity index (χ4v) is 5.33. The van der Waals surface area contributed by atoms with E-state index in [0.717, 1.165) is 6.42 Å². The lowest BCUT2D eigenvalue weighted by atomic mass is 10.0. The molecule has 0 spiro atoms. The van der Waals surface area contributed by atoms with Crippen LogP contribution < -0.4 is 0 Å². The lowest BCUT2D eigenvalue weighted by molar-refractivity contribution is -0.113. The molecule has 3 aliphatic rings. The van der Waals surface area contributed by atoms with E-state index in [0.29, 0.717) is 6.42 Å². The van der Waals surface area contributed by atoms with Gasteiger partial charge in [-0.25, -0.2) is 4.57 Å². The topological polar surface area (TPSA) is 81.7 Å². The summed E-state index contributed by atoms with van der Waals surface area (Å²) in [5, 5.41) is 0. The molecule has 0 aromatic carbocycles. The van der Waals surface area contributed by atoms with Crippen LogP contribution in [0, 0.1) is 0 Å². The summed E-state index contributed by atoms with van der Waals surface area (Å²) in [6.45, 7) is 9.55. The molecular weight excluding hydrogens is 387 g/mol. The van der Waals surface area contributed by atoms with Crippen molar-refractivity contribution in [3.8, 4) is 0 Å². The monoisotopic (exact) mass is 424 g/mol. The van der Waals surface area contributed by atoms with E-state index in [-0.39, 0.29) is 50.2 Å². The molecule has 0 N–H and O–H groups in total. The van der Waals surface area contributed by atoms with Crippen LogP contribution in [0.2, 0.25) is 0 Å².